The minimum atomic E-state index is -0.212. The molecule has 0 amide bonds. The van der Waals surface area contributed by atoms with Gasteiger partial charge in [-0.15, -0.1) is 0 Å². The Morgan fingerprint density at radius 3 is 2.66 bits per heavy atom. The number of allylic oxidation sites excluding steroid dienone is 1. The zero-order chi connectivity index (χ0) is 24.1. The molecule has 1 aliphatic carbocycles. The molecule has 35 heavy (non-hydrogen) atoms. The Balaban J connectivity index is 1.62. The van der Waals surface area contributed by atoms with E-state index in [1.54, 1.807) is 24.3 Å². The number of thiazole rings is 1. The maximum atomic E-state index is 13.8. The molecule has 0 saturated heterocycles. The number of phenolic OH excluding ortho intramolecular Hbond substituents is 1. The second-order valence-corrected chi connectivity index (χ2v) is 9.93. The number of rotatable bonds is 3. The molecular weight excluding hydrogens is 456 g/mol. The molecule has 6 rings (SSSR count). The molecule has 0 spiro atoms. The van der Waals surface area contributed by atoms with Crippen LogP contribution in [0.4, 0.5) is 0 Å². The van der Waals surface area contributed by atoms with Crippen molar-refractivity contribution < 1.29 is 9.84 Å². The van der Waals surface area contributed by atoms with Gasteiger partial charge in [0, 0.05) is 11.1 Å². The Bertz CT molecular complexity index is 1680. The highest BCUT2D eigenvalue weighted by Gasteiger charge is 2.32. The van der Waals surface area contributed by atoms with Crippen LogP contribution in [0.5, 0.6) is 11.5 Å². The van der Waals surface area contributed by atoms with Gasteiger partial charge in [0.25, 0.3) is 5.56 Å². The highest BCUT2D eigenvalue weighted by atomic mass is 32.1. The van der Waals surface area contributed by atoms with Crippen LogP contribution in [0.2, 0.25) is 0 Å². The van der Waals surface area contributed by atoms with Crippen molar-refractivity contribution in [3.8, 4) is 11.5 Å². The van der Waals surface area contributed by atoms with Gasteiger partial charge in [0.05, 0.1) is 23.4 Å². The Morgan fingerprint density at radius 1 is 1.06 bits per heavy atom. The van der Waals surface area contributed by atoms with Gasteiger partial charge in [-0.1, -0.05) is 77.6 Å². The predicted octanol–water partition coefficient (Wildman–Crippen LogP) is 4.34. The quantitative estimate of drug-likeness (QED) is 0.475. The molecule has 4 aromatic rings. The fourth-order valence-corrected chi connectivity index (χ4v) is 6.02. The largest absolute Gasteiger partial charge is 0.504 e. The van der Waals surface area contributed by atoms with Crippen LogP contribution in [0.1, 0.15) is 40.3 Å². The summed E-state index contributed by atoms with van der Waals surface area (Å²) in [5.74, 6) is 0.389. The summed E-state index contributed by atoms with van der Waals surface area (Å²) in [6.07, 6.45) is 3.51. The van der Waals surface area contributed by atoms with E-state index in [0.29, 0.717) is 20.6 Å². The van der Waals surface area contributed by atoms with E-state index in [4.69, 9.17) is 9.73 Å². The third-order valence-electron chi connectivity index (χ3n) is 6.80. The summed E-state index contributed by atoms with van der Waals surface area (Å²) < 4.78 is 7.59. The van der Waals surface area contributed by atoms with Crippen molar-refractivity contribution in [2.45, 2.75) is 25.8 Å². The van der Waals surface area contributed by atoms with Crippen molar-refractivity contribution in [3.05, 3.63) is 120 Å². The molecule has 6 heteroatoms. The van der Waals surface area contributed by atoms with Gasteiger partial charge in [-0.25, -0.2) is 4.99 Å². The van der Waals surface area contributed by atoms with Gasteiger partial charge >= 0.3 is 0 Å². The van der Waals surface area contributed by atoms with Crippen LogP contribution in [0.3, 0.4) is 0 Å². The van der Waals surface area contributed by atoms with Gasteiger partial charge in [-0.2, -0.15) is 0 Å². The molecule has 0 saturated carbocycles. The zero-order valence-electron chi connectivity index (χ0n) is 19.5. The smallest absolute Gasteiger partial charge is 0.271 e. The van der Waals surface area contributed by atoms with Gasteiger partial charge in [-0.05, 0) is 48.6 Å². The van der Waals surface area contributed by atoms with Gasteiger partial charge in [0.15, 0.2) is 16.3 Å². The second-order valence-electron chi connectivity index (χ2n) is 8.92. The van der Waals surface area contributed by atoms with Crippen LogP contribution in [0, 0.1) is 6.92 Å². The Morgan fingerprint density at radius 2 is 1.86 bits per heavy atom. The first kappa shape index (κ1) is 21.6. The number of fused-ring (bicyclic) bond motifs is 3. The lowest BCUT2D eigenvalue weighted by molar-refractivity contribution is 0.373. The number of hydrogen-bond donors (Lipinski definition) is 1. The summed E-state index contributed by atoms with van der Waals surface area (Å²) in [7, 11) is 1.51. The number of benzene rings is 3. The molecule has 3 aromatic carbocycles. The maximum Gasteiger partial charge on any atom is 0.271 e. The number of ether oxygens (including phenoxy) is 1. The van der Waals surface area contributed by atoms with Crippen molar-refractivity contribution in [2.75, 3.05) is 7.11 Å². The van der Waals surface area contributed by atoms with E-state index in [1.165, 1.54) is 35.1 Å². The summed E-state index contributed by atoms with van der Waals surface area (Å²) in [4.78, 5) is 19.5. The molecule has 1 atom stereocenters. The fourth-order valence-electron chi connectivity index (χ4n) is 5.03. The summed E-state index contributed by atoms with van der Waals surface area (Å²) in [6, 6.07) is 21.9. The maximum absolute atomic E-state index is 13.8. The molecule has 1 aliphatic heterocycles. The molecule has 1 aromatic heterocycles. The molecule has 0 bridgehead atoms. The van der Waals surface area contributed by atoms with E-state index in [9.17, 15) is 9.90 Å². The molecule has 1 N–H and O–H groups in total. The van der Waals surface area contributed by atoms with Crippen LogP contribution < -0.4 is 19.6 Å². The molecule has 5 nitrogen and oxygen atoms in total. The number of phenols is 1. The summed E-state index contributed by atoms with van der Waals surface area (Å²) in [5, 5.41) is 10.6. The van der Waals surface area contributed by atoms with E-state index in [1.807, 2.05) is 10.6 Å². The number of aromatic hydroxyl groups is 1. The Hall–Kier alpha value is -3.90. The van der Waals surface area contributed by atoms with Crippen molar-refractivity contribution in [1.82, 2.24) is 4.57 Å². The SMILES string of the molecule is COc1cccc(C=c2sc3n(c2=O)C(c2ccc(C)cc2)C2=C(N=3)c3ccccc3CC2)c1O. The molecule has 174 valence electrons. The molecule has 1 unspecified atom stereocenters. The van der Waals surface area contributed by atoms with Crippen LogP contribution in [-0.2, 0) is 6.42 Å². The molecular formula is C29H24N2O3S. The lowest BCUT2D eigenvalue weighted by Crippen LogP contribution is -2.38. The monoisotopic (exact) mass is 480 g/mol. The van der Waals surface area contributed by atoms with Crippen LogP contribution >= 0.6 is 11.3 Å². The van der Waals surface area contributed by atoms with E-state index in [2.05, 4.69) is 49.4 Å². The first-order chi connectivity index (χ1) is 17.0. The predicted molar refractivity (Wildman–Crippen MR) is 139 cm³/mol. The Labute approximate surface area is 206 Å². The average Bonchev–Trinajstić information content (AvgIpc) is 3.19. The van der Waals surface area contributed by atoms with Gasteiger partial charge in [-0.3, -0.25) is 9.36 Å². The van der Waals surface area contributed by atoms with Gasteiger partial charge in [0.1, 0.15) is 0 Å². The first-order valence-electron chi connectivity index (χ1n) is 11.6. The number of hydrogen-bond acceptors (Lipinski definition) is 5. The van der Waals surface area contributed by atoms with Crippen LogP contribution in [0.25, 0.3) is 11.8 Å². The van der Waals surface area contributed by atoms with Crippen molar-refractivity contribution >= 4 is 23.1 Å². The van der Waals surface area contributed by atoms with Crippen molar-refractivity contribution in [1.29, 1.82) is 0 Å². The third-order valence-corrected chi connectivity index (χ3v) is 7.79. The standard InChI is InChI=1S/C29H24N2O3S/c1-17-10-12-19(13-11-17)26-22-15-14-18-6-3-4-8-21(18)25(22)30-29-31(26)28(33)24(35-29)16-20-7-5-9-23(34-2)27(20)32/h3-13,16,26,32H,14-15H2,1-2H3. The molecule has 0 fully saturated rings. The van der Waals surface area contributed by atoms with Crippen LogP contribution in [0.15, 0.2) is 82.1 Å². The number of aromatic nitrogens is 1. The lowest BCUT2D eigenvalue weighted by Gasteiger charge is -2.30. The molecule has 0 radical (unpaired) electrons. The average molecular weight is 481 g/mol. The number of aryl methyl sites for hydroxylation is 2. The summed E-state index contributed by atoms with van der Waals surface area (Å²) >= 11 is 1.35. The van der Waals surface area contributed by atoms with E-state index < -0.39 is 0 Å². The first-order valence-corrected chi connectivity index (χ1v) is 12.4. The zero-order valence-corrected chi connectivity index (χ0v) is 20.3. The third kappa shape index (κ3) is 3.53. The minimum absolute atomic E-state index is 0.0177. The van der Waals surface area contributed by atoms with Crippen molar-refractivity contribution in [2.24, 2.45) is 4.99 Å². The van der Waals surface area contributed by atoms with Crippen molar-refractivity contribution in [3.63, 3.8) is 0 Å². The Kier molecular flexibility index (Phi) is 5.19. The number of nitrogens with zero attached hydrogens (tertiary/aromatic N) is 2. The molecule has 2 aliphatic rings. The van der Waals surface area contributed by atoms with Gasteiger partial charge in [0.2, 0.25) is 0 Å². The summed E-state index contributed by atoms with van der Waals surface area (Å²) in [5.41, 5.74) is 7.28. The molecule has 2 heterocycles. The normalized spacial score (nSPS) is 16.9. The topological polar surface area (TPSA) is 63.8 Å². The van der Waals surface area contributed by atoms with Crippen LogP contribution in [-0.4, -0.2) is 16.8 Å². The van der Waals surface area contributed by atoms with E-state index in [0.717, 1.165) is 29.7 Å². The highest BCUT2D eigenvalue weighted by molar-refractivity contribution is 7.07. The number of methoxy groups -OCH3 is 1. The summed E-state index contributed by atoms with van der Waals surface area (Å²) in [6.45, 7) is 2.07. The lowest BCUT2D eigenvalue weighted by atomic mass is 9.83. The second kappa shape index (κ2) is 8.40. The number of para-hydroxylation sites is 1. The van der Waals surface area contributed by atoms with Gasteiger partial charge < -0.3 is 9.84 Å². The highest BCUT2D eigenvalue weighted by Crippen LogP contribution is 2.41. The van der Waals surface area contributed by atoms with E-state index >= 15 is 0 Å². The van der Waals surface area contributed by atoms with E-state index in [-0.39, 0.29) is 17.4 Å². The fraction of sp³-hybridized carbons (Fsp3) is 0.172. The minimum Gasteiger partial charge on any atom is -0.504 e.